The van der Waals surface area contributed by atoms with Crippen LogP contribution >= 0.6 is 11.6 Å². The summed E-state index contributed by atoms with van der Waals surface area (Å²) in [6, 6.07) is 19.4. The molecule has 0 aliphatic rings. The summed E-state index contributed by atoms with van der Waals surface area (Å²) in [5, 5.41) is 5.97. The van der Waals surface area contributed by atoms with Gasteiger partial charge in [-0.15, -0.1) is 0 Å². The van der Waals surface area contributed by atoms with Crippen molar-refractivity contribution < 1.29 is 12.8 Å². The fraction of sp³-hybridized carbons (Fsp3) is 0. The average molecular weight is 428 g/mol. The van der Waals surface area contributed by atoms with E-state index in [0.29, 0.717) is 33.4 Å². The second-order valence-corrected chi connectivity index (χ2v) is 8.32. The van der Waals surface area contributed by atoms with Crippen LogP contribution in [0.15, 0.2) is 83.9 Å². The molecule has 3 aromatic carbocycles. The van der Waals surface area contributed by atoms with Crippen LogP contribution < -0.4 is 5.14 Å². The van der Waals surface area contributed by atoms with Gasteiger partial charge in [-0.3, -0.25) is 4.57 Å². The van der Waals surface area contributed by atoms with Crippen molar-refractivity contribution in [2.24, 2.45) is 5.14 Å². The molecule has 0 amide bonds. The molecule has 146 valence electrons. The first-order chi connectivity index (χ1) is 13.8. The van der Waals surface area contributed by atoms with Crippen molar-refractivity contribution in [3.63, 3.8) is 0 Å². The van der Waals surface area contributed by atoms with Crippen molar-refractivity contribution in [1.29, 1.82) is 0 Å². The molecule has 0 fully saturated rings. The predicted molar refractivity (Wildman–Crippen MR) is 111 cm³/mol. The molecule has 29 heavy (non-hydrogen) atoms. The van der Waals surface area contributed by atoms with Gasteiger partial charge in [-0.1, -0.05) is 35.9 Å². The summed E-state index contributed by atoms with van der Waals surface area (Å²) in [6.07, 6.45) is 1.66. The van der Waals surface area contributed by atoms with E-state index in [9.17, 15) is 12.8 Å². The molecule has 0 unspecified atom stereocenters. The lowest BCUT2D eigenvalue weighted by Crippen LogP contribution is -2.15. The number of nitrogens with two attached hydrogens (primary N) is 1. The van der Waals surface area contributed by atoms with Gasteiger partial charge >= 0.3 is 0 Å². The Kier molecular flexibility index (Phi) is 4.96. The molecule has 4 aromatic rings. The van der Waals surface area contributed by atoms with Crippen LogP contribution in [0.5, 0.6) is 0 Å². The number of para-hydroxylation sites is 1. The van der Waals surface area contributed by atoms with E-state index in [-0.39, 0.29) is 4.90 Å². The zero-order valence-corrected chi connectivity index (χ0v) is 16.5. The van der Waals surface area contributed by atoms with Crippen molar-refractivity contribution >= 4 is 21.6 Å². The lowest BCUT2D eigenvalue weighted by molar-refractivity contribution is 0.597. The lowest BCUT2D eigenvalue weighted by Gasteiger charge is -2.11. The van der Waals surface area contributed by atoms with Gasteiger partial charge in [0.05, 0.1) is 11.4 Å². The van der Waals surface area contributed by atoms with Gasteiger partial charge in [0.25, 0.3) is 0 Å². The highest BCUT2D eigenvalue weighted by atomic mass is 35.5. The molecule has 0 radical (unpaired) electrons. The number of imidazole rings is 1. The van der Waals surface area contributed by atoms with E-state index in [1.54, 1.807) is 65.4 Å². The van der Waals surface area contributed by atoms with Crippen molar-refractivity contribution in [2.75, 3.05) is 0 Å². The fourth-order valence-electron chi connectivity index (χ4n) is 3.05. The molecular weight excluding hydrogens is 413 g/mol. The topological polar surface area (TPSA) is 78.0 Å². The fourth-order valence-corrected chi connectivity index (χ4v) is 3.90. The van der Waals surface area contributed by atoms with E-state index in [2.05, 4.69) is 4.98 Å². The summed E-state index contributed by atoms with van der Waals surface area (Å²) in [4.78, 5) is 4.60. The van der Waals surface area contributed by atoms with E-state index >= 15 is 0 Å². The number of rotatable bonds is 4. The average Bonchev–Trinajstić information content (AvgIpc) is 3.13. The van der Waals surface area contributed by atoms with Crippen LogP contribution in [-0.4, -0.2) is 18.0 Å². The number of primary sulfonamides is 1. The van der Waals surface area contributed by atoms with Crippen molar-refractivity contribution in [3.8, 4) is 28.3 Å². The quantitative estimate of drug-likeness (QED) is 0.515. The largest absolute Gasteiger partial charge is 0.298 e. The molecule has 5 nitrogen and oxygen atoms in total. The van der Waals surface area contributed by atoms with Crippen molar-refractivity contribution in [3.05, 3.63) is 89.8 Å². The van der Waals surface area contributed by atoms with Crippen LogP contribution in [-0.2, 0) is 10.0 Å². The molecular formula is C21H15ClFN3O2S. The Morgan fingerprint density at radius 1 is 0.931 bits per heavy atom. The van der Waals surface area contributed by atoms with Crippen LogP contribution in [0.2, 0.25) is 5.02 Å². The number of hydrogen-bond acceptors (Lipinski definition) is 3. The van der Waals surface area contributed by atoms with Gasteiger partial charge in [-0.05, 0) is 48.5 Å². The standard InChI is InChI=1S/C21H15ClFN3O2S/c22-16-10-8-14(9-11-16)21-25-18(15-4-3-5-17(23)12-15)13-26(21)19-6-1-2-7-20(19)29(24,27)28/h1-13H,(H2,24,27,28). The maximum absolute atomic E-state index is 13.7. The third kappa shape index (κ3) is 3.93. The molecule has 1 aromatic heterocycles. The zero-order chi connectivity index (χ0) is 20.6. The summed E-state index contributed by atoms with van der Waals surface area (Å²) in [6.45, 7) is 0. The summed E-state index contributed by atoms with van der Waals surface area (Å²) >= 11 is 5.99. The molecule has 0 spiro atoms. The lowest BCUT2D eigenvalue weighted by atomic mass is 10.2. The van der Waals surface area contributed by atoms with E-state index in [1.807, 2.05) is 0 Å². The Hall–Kier alpha value is -3.00. The van der Waals surface area contributed by atoms with Gasteiger partial charge in [0, 0.05) is 22.3 Å². The minimum absolute atomic E-state index is 0.0431. The number of nitrogens with zero attached hydrogens (tertiary/aromatic N) is 2. The van der Waals surface area contributed by atoms with E-state index in [4.69, 9.17) is 16.7 Å². The molecule has 1 heterocycles. The normalized spacial score (nSPS) is 11.6. The Bertz CT molecular complexity index is 1300. The summed E-state index contributed by atoms with van der Waals surface area (Å²) < 4.78 is 39.6. The van der Waals surface area contributed by atoms with E-state index < -0.39 is 15.8 Å². The Balaban J connectivity index is 1.99. The van der Waals surface area contributed by atoms with Gasteiger partial charge in [-0.25, -0.2) is 22.9 Å². The molecule has 0 saturated carbocycles. The van der Waals surface area contributed by atoms with Crippen LogP contribution in [0, 0.1) is 5.82 Å². The monoisotopic (exact) mass is 427 g/mol. The number of benzene rings is 3. The minimum Gasteiger partial charge on any atom is -0.298 e. The van der Waals surface area contributed by atoms with Crippen LogP contribution in [0.4, 0.5) is 4.39 Å². The summed E-state index contributed by atoms with van der Waals surface area (Å²) in [5.41, 5.74) is 2.10. The van der Waals surface area contributed by atoms with Crippen molar-refractivity contribution in [2.45, 2.75) is 4.90 Å². The first-order valence-electron chi connectivity index (χ1n) is 8.56. The van der Waals surface area contributed by atoms with Gasteiger partial charge in [0.2, 0.25) is 10.0 Å². The molecule has 8 heteroatoms. The first kappa shape index (κ1) is 19.3. The Morgan fingerprint density at radius 2 is 1.66 bits per heavy atom. The highest BCUT2D eigenvalue weighted by molar-refractivity contribution is 7.89. The summed E-state index contributed by atoms with van der Waals surface area (Å²) in [7, 11) is -3.98. The smallest absolute Gasteiger partial charge is 0.240 e. The van der Waals surface area contributed by atoms with Crippen LogP contribution in [0.3, 0.4) is 0 Å². The molecule has 0 aliphatic heterocycles. The van der Waals surface area contributed by atoms with Crippen LogP contribution in [0.25, 0.3) is 28.3 Å². The van der Waals surface area contributed by atoms with Gasteiger partial charge < -0.3 is 0 Å². The minimum atomic E-state index is -3.98. The maximum atomic E-state index is 13.7. The predicted octanol–water partition coefficient (Wildman–Crippen LogP) is 4.65. The number of halogens is 2. The van der Waals surface area contributed by atoms with Crippen molar-refractivity contribution in [1.82, 2.24) is 9.55 Å². The molecule has 0 saturated heterocycles. The highest BCUT2D eigenvalue weighted by Crippen LogP contribution is 2.31. The van der Waals surface area contributed by atoms with Gasteiger partial charge in [-0.2, -0.15) is 0 Å². The third-order valence-corrected chi connectivity index (χ3v) is 5.57. The molecule has 0 bridgehead atoms. The molecule has 2 N–H and O–H groups in total. The second kappa shape index (κ2) is 7.44. The SMILES string of the molecule is NS(=O)(=O)c1ccccc1-n1cc(-c2cccc(F)c2)nc1-c1ccc(Cl)cc1. The first-order valence-corrected chi connectivity index (χ1v) is 10.5. The number of sulfonamides is 1. The molecule has 0 aliphatic carbocycles. The summed E-state index contributed by atoms with van der Waals surface area (Å²) in [5.74, 6) is 0.0760. The molecule has 0 atom stereocenters. The Labute approximate surface area is 172 Å². The zero-order valence-electron chi connectivity index (χ0n) is 15.0. The highest BCUT2D eigenvalue weighted by Gasteiger charge is 2.20. The third-order valence-electron chi connectivity index (χ3n) is 4.36. The second-order valence-electron chi connectivity index (χ2n) is 6.35. The molecule has 4 rings (SSSR count). The van der Waals surface area contributed by atoms with E-state index in [0.717, 1.165) is 0 Å². The maximum Gasteiger partial charge on any atom is 0.240 e. The van der Waals surface area contributed by atoms with E-state index in [1.165, 1.54) is 18.2 Å². The van der Waals surface area contributed by atoms with Gasteiger partial charge in [0.1, 0.15) is 16.5 Å². The number of hydrogen-bond donors (Lipinski definition) is 1. The number of aromatic nitrogens is 2. The van der Waals surface area contributed by atoms with Crippen LogP contribution in [0.1, 0.15) is 0 Å². The Morgan fingerprint density at radius 3 is 2.34 bits per heavy atom. The van der Waals surface area contributed by atoms with Gasteiger partial charge in [0.15, 0.2) is 0 Å².